The molecule has 0 aromatic heterocycles. The fourth-order valence-corrected chi connectivity index (χ4v) is 14.3. The molecule has 0 amide bonds. The first kappa shape index (κ1) is 99.1. The fourth-order valence-electron chi connectivity index (χ4n) is 12.7. The number of esters is 4. The summed E-state index contributed by atoms with van der Waals surface area (Å²) in [5, 5.41) is 10.7. The number of rotatable bonds is 82. The van der Waals surface area contributed by atoms with Crippen molar-refractivity contribution in [2.45, 2.75) is 457 Å². The largest absolute Gasteiger partial charge is 0.472 e. The van der Waals surface area contributed by atoms with Gasteiger partial charge in [-0.3, -0.25) is 37.3 Å². The second-order valence-corrected chi connectivity index (χ2v) is 32.7. The first-order valence-corrected chi connectivity index (χ1v) is 45.7. The maximum absolute atomic E-state index is 13.1. The zero-order chi connectivity index (χ0) is 74.1. The average molecular weight is 1480 g/mol. The lowest BCUT2D eigenvalue weighted by Gasteiger charge is -2.21. The van der Waals surface area contributed by atoms with Gasteiger partial charge in [-0.2, -0.15) is 0 Å². The maximum Gasteiger partial charge on any atom is 0.472 e. The molecule has 0 spiro atoms. The maximum atomic E-state index is 13.1. The highest BCUT2D eigenvalue weighted by Crippen LogP contribution is 2.45. The monoisotopic (exact) mass is 1480 g/mol. The van der Waals surface area contributed by atoms with Gasteiger partial charge in [-0.1, -0.05) is 388 Å². The van der Waals surface area contributed by atoms with Gasteiger partial charge in [0.25, 0.3) is 0 Å². The molecule has 0 saturated heterocycles. The molecule has 6 atom stereocenters. The Bertz CT molecular complexity index is 1930. The highest BCUT2D eigenvalue weighted by molar-refractivity contribution is 7.47. The molecule has 0 aromatic rings. The van der Waals surface area contributed by atoms with Crippen LogP contribution in [0.2, 0.25) is 0 Å². The van der Waals surface area contributed by atoms with Crippen LogP contribution in [0.4, 0.5) is 0 Å². The fraction of sp³-hybridized carbons (Fsp3) is 0.951. The molecule has 600 valence electrons. The molecule has 101 heavy (non-hydrogen) atoms. The Morgan fingerprint density at radius 1 is 0.277 bits per heavy atom. The van der Waals surface area contributed by atoms with Crippen LogP contribution in [0.3, 0.4) is 0 Å². The second-order valence-electron chi connectivity index (χ2n) is 29.8. The zero-order valence-corrected chi connectivity index (χ0v) is 67.8. The van der Waals surface area contributed by atoms with E-state index in [0.717, 1.165) is 95.8 Å². The molecule has 17 nitrogen and oxygen atoms in total. The minimum Gasteiger partial charge on any atom is -0.462 e. The molecule has 0 saturated carbocycles. The lowest BCUT2D eigenvalue weighted by Crippen LogP contribution is -2.30. The molecule has 0 bridgehead atoms. The number of unbranched alkanes of at least 4 members (excludes halogenated alkanes) is 53. The van der Waals surface area contributed by atoms with Gasteiger partial charge < -0.3 is 33.8 Å². The Morgan fingerprint density at radius 2 is 0.475 bits per heavy atom. The lowest BCUT2D eigenvalue weighted by atomic mass is 9.99. The molecule has 0 fully saturated rings. The number of carbonyl (C=O) groups is 4. The summed E-state index contributed by atoms with van der Waals surface area (Å²) < 4.78 is 68.8. The van der Waals surface area contributed by atoms with Crippen molar-refractivity contribution < 1.29 is 80.2 Å². The molecule has 19 heteroatoms. The summed E-state index contributed by atoms with van der Waals surface area (Å²) in [7, 11) is -9.92. The van der Waals surface area contributed by atoms with E-state index in [0.29, 0.717) is 25.7 Å². The molecule has 0 aromatic carbocycles. The Morgan fingerprint density at radius 3 is 0.703 bits per heavy atom. The molecule has 0 aliphatic heterocycles. The van der Waals surface area contributed by atoms with Crippen molar-refractivity contribution in [3.05, 3.63) is 0 Å². The number of hydrogen-bond acceptors (Lipinski definition) is 15. The van der Waals surface area contributed by atoms with Crippen LogP contribution >= 0.6 is 15.6 Å². The van der Waals surface area contributed by atoms with Crippen molar-refractivity contribution >= 4 is 39.5 Å². The summed E-state index contributed by atoms with van der Waals surface area (Å²) >= 11 is 0. The van der Waals surface area contributed by atoms with E-state index in [4.69, 9.17) is 37.0 Å². The van der Waals surface area contributed by atoms with Crippen molar-refractivity contribution in [1.82, 2.24) is 0 Å². The van der Waals surface area contributed by atoms with Gasteiger partial charge in [0.1, 0.15) is 19.3 Å². The summed E-state index contributed by atoms with van der Waals surface area (Å²) in [5.74, 6) is -1.33. The van der Waals surface area contributed by atoms with E-state index in [9.17, 15) is 43.2 Å². The minimum absolute atomic E-state index is 0.108. The topological polar surface area (TPSA) is 237 Å². The Balaban J connectivity index is 5.26. The number of aliphatic hydroxyl groups is 1. The molecule has 0 rings (SSSR count). The van der Waals surface area contributed by atoms with Crippen molar-refractivity contribution in [2.24, 2.45) is 5.92 Å². The first-order chi connectivity index (χ1) is 49.1. The normalized spacial score (nSPS) is 14.1. The predicted octanol–water partition coefficient (Wildman–Crippen LogP) is 24.8. The van der Waals surface area contributed by atoms with Gasteiger partial charge in [-0.05, 0) is 31.6 Å². The van der Waals surface area contributed by atoms with E-state index in [1.165, 1.54) is 263 Å². The van der Waals surface area contributed by atoms with E-state index in [1.54, 1.807) is 0 Å². The molecule has 0 radical (unpaired) electrons. The molecule has 0 heterocycles. The van der Waals surface area contributed by atoms with Crippen LogP contribution in [0.5, 0.6) is 0 Å². The Kier molecular flexibility index (Phi) is 73.5. The summed E-state index contributed by atoms with van der Waals surface area (Å²) in [6, 6.07) is 0. The van der Waals surface area contributed by atoms with E-state index in [2.05, 4.69) is 34.6 Å². The van der Waals surface area contributed by atoms with Crippen LogP contribution in [0.1, 0.15) is 439 Å². The number of aliphatic hydroxyl groups excluding tert-OH is 1. The molecular formula is C82H160O17P2. The third-order valence-electron chi connectivity index (χ3n) is 19.6. The van der Waals surface area contributed by atoms with Gasteiger partial charge in [-0.25, -0.2) is 9.13 Å². The van der Waals surface area contributed by atoms with E-state index >= 15 is 0 Å². The predicted molar refractivity (Wildman–Crippen MR) is 414 cm³/mol. The van der Waals surface area contributed by atoms with E-state index in [-0.39, 0.29) is 25.7 Å². The average Bonchev–Trinajstić information content (AvgIpc) is 0.988. The van der Waals surface area contributed by atoms with Crippen LogP contribution < -0.4 is 0 Å². The van der Waals surface area contributed by atoms with Gasteiger partial charge in [0.05, 0.1) is 26.4 Å². The summed E-state index contributed by atoms with van der Waals surface area (Å²) in [4.78, 5) is 73.1. The van der Waals surface area contributed by atoms with Gasteiger partial charge in [0.15, 0.2) is 12.2 Å². The quantitative estimate of drug-likeness (QED) is 0.0222. The number of carbonyl (C=O) groups excluding carboxylic acids is 4. The number of hydrogen-bond donors (Lipinski definition) is 3. The zero-order valence-electron chi connectivity index (χ0n) is 66.1. The van der Waals surface area contributed by atoms with Gasteiger partial charge in [0, 0.05) is 25.7 Å². The second kappa shape index (κ2) is 74.9. The van der Waals surface area contributed by atoms with Crippen molar-refractivity contribution in [2.75, 3.05) is 39.6 Å². The Labute approximate surface area is 619 Å². The molecular weight excluding hydrogens is 1320 g/mol. The highest BCUT2D eigenvalue weighted by atomic mass is 31.2. The van der Waals surface area contributed by atoms with Gasteiger partial charge in [0.2, 0.25) is 0 Å². The number of phosphoric ester groups is 2. The smallest absolute Gasteiger partial charge is 0.462 e. The van der Waals surface area contributed by atoms with Gasteiger partial charge >= 0.3 is 39.5 Å². The minimum atomic E-state index is -4.96. The summed E-state index contributed by atoms with van der Waals surface area (Å²) in [5.41, 5.74) is 0. The van der Waals surface area contributed by atoms with Gasteiger partial charge in [-0.15, -0.1) is 0 Å². The van der Waals surface area contributed by atoms with E-state index in [1.807, 2.05) is 0 Å². The van der Waals surface area contributed by atoms with E-state index < -0.39 is 97.5 Å². The molecule has 3 N–H and O–H groups in total. The van der Waals surface area contributed by atoms with Crippen molar-refractivity contribution in [1.29, 1.82) is 0 Å². The summed E-state index contributed by atoms with van der Waals surface area (Å²) in [6.45, 7) is 7.35. The standard InChI is InChI=1S/C82H160O17P2/c1-6-10-13-16-19-22-25-28-31-33-35-37-40-43-46-53-58-63-68-82(87)98-77(71-92-79(84)65-60-55-50-44-41-39-36-34-32-29-26-23-20-17-14-11-7-2)73-96-100(88,89)94-69-76(83)70-95-101(90,91)97-74-78(72-93-80(85)66-61-56-51-48-47-49-54-59-64-75(5)9-4)99-81(86)67-62-57-52-45-42-38-30-27-24-21-18-15-12-8-3/h75-78,83H,6-74H2,1-5H3,(H,88,89)(H,90,91)/t75?,76-,77-,78-/m1/s1. The third-order valence-corrected chi connectivity index (χ3v) is 21.5. The van der Waals surface area contributed by atoms with Crippen LogP contribution in [-0.2, 0) is 65.4 Å². The molecule has 0 aliphatic carbocycles. The lowest BCUT2D eigenvalue weighted by molar-refractivity contribution is -0.161. The number of phosphoric acid groups is 2. The van der Waals surface area contributed by atoms with Crippen molar-refractivity contribution in [3.63, 3.8) is 0 Å². The summed E-state index contributed by atoms with van der Waals surface area (Å²) in [6.07, 6.45) is 66.5. The van der Waals surface area contributed by atoms with Crippen LogP contribution in [-0.4, -0.2) is 96.7 Å². The van der Waals surface area contributed by atoms with Crippen LogP contribution in [0, 0.1) is 5.92 Å². The first-order valence-electron chi connectivity index (χ1n) is 42.7. The third kappa shape index (κ3) is 74.7. The van der Waals surface area contributed by atoms with Crippen molar-refractivity contribution in [3.8, 4) is 0 Å². The van der Waals surface area contributed by atoms with Crippen LogP contribution in [0.25, 0.3) is 0 Å². The molecule has 0 aliphatic rings. The molecule has 3 unspecified atom stereocenters. The Hall–Kier alpha value is -1.94. The SMILES string of the molecule is CCCCCCCCCCCCCCCCCCCCC(=O)O[C@H](COC(=O)CCCCCCCCCCCCCCCCCCC)COP(=O)(O)OC[C@@H](O)COP(=O)(O)OC[C@@H](COC(=O)CCCCCCCCCCC(C)CC)OC(=O)CCCCCCCCCCCCCCCC. The highest BCUT2D eigenvalue weighted by Gasteiger charge is 2.30. The van der Waals surface area contributed by atoms with Crippen LogP contribution in [0.15, 0.2) is 0 Å². The number of ether oxygens (including phenoxy) is 4.